The van der Waals surface area contributed by atoms with Crippen LogP contribution in [0.25, 0.3) is 0 Å². The molecule has 2 amide bonds. The van der Waals surface area contributed by atoms with Crippen LogP contribution in [0.2, 0.25) is 0 Å². The number of likely N-dealkylation sites (tertiary alicyclic amines) is 1. The van der Waals surface area contributed by atoms with Crippen LogP contribution in [0.4, 0.5) is 0 Å². The van der Waals surface area contributed by atoms with Crippen LogP contribution in [0.1, 0.15) is 13.3 Å². The van der Waals surface area contributed by atoms with Crippen LogP contribution in [0.3, 0.4) is 0 Å². The molecule has 1 unspecified atom stereocenters. The van der Waals surface area contributed by atoms with Gasteiger partial charge in [0.25, 0.3) is 0 Å². The number of hydrogen-bond donors (Lipinski definition) is 0. The smallest absolute Gasteiger partial charge is 0.228 e. The highest BCUT2D eigenvalue weighted by Gasteiger charge is 2.36. The molecule has 1 atom stereocenters. The van der Waals surface area contributed by atoms with Gasteiger partial charge >= 0.3 is 0 Å². The largest absolute Gasteiger partial charge is 0.342 e. The van der Waals surface area contributed by atoms with Gasteiger partial charge in [0, 0.05) is 52.2 Å². The van der Waals surface area contributed by atoms with E-state index in [0.717, 1.165) is 39.3 Å². The Hall–Kier alpha value is -1.96. The van der Waals surface area contributed by atoms with Crippen LogP contribution in [0, 0.1) is 5.92 Å². The molecule has 2 aliphatic heterocycles. The summed E-state index contributed by atoms with van der Waals surface area (Å²) in [7, 11) is 0. The van der Waals surface area contributed by atoms with Gasteiger partial charge < -0.3 is 9.80 Å². The summed E-state index contributed by atoms with van der Waals surface area (Å²) >= 11 is 0. The molecule has 0 spiro atoms. The Bertz CT molecular complexity index is 538. The van der Waals surface area contributed by atoms with Gasteiger partial charge in [-0.05, 0) is 6.92 Å². The number of piperazine rings is 1. The predicted molar refractivity (Wildman–Crippen MR) is 83.4 cm³/mol. The van der Waals surface area contributed by atoms with Crippen LogP contribution in [-0.2, 0) is 16.1 Å². The minimum absolute atomic E-state index is 0.109. The molecular formula is C15H24N6O2. The highest BCUT2D eigenvalue weighted by Crippen LogP contribution is 2.20. The third-order valence-corrected chi connectivity index (χ3v) is 4.74. The van der Waals surface area contributed by atoms with Gasteiger partial charge in [-0.3, -0.25) is 19.2 Å². The zero-order chi connectivity index (χ0) is 16.2. The van der Waals surface area contributed by atoms with Crippen LogP contribution in [0.15, 0.2) is 12.7 Å². The molecule has 2 saturated heterocycles. The molecule has 0 aromatic carbocycles. The maximum Gasteiger partial charge on any atom is 0.228 e. The molecule has 0 aliphatic carbocycles. The van der Waals surface area contributed by atoms with Crippen molar-refractivity contribution in [3.63, 3.8) is 0 Å². The lowest BCUT2D eigenvalue weighted by molar-refractivity contribution is -0.137. The van der Waals surface area contributed by atoms with Crippen molar-refractivity contribution in [2.45, 2.75) is 19.9 Å². The van der Waals surface area contributed by atoms with E-state index in [2.05, 4.69) is 15.0 Å². The molecule has 2 fully saturated rings. The second kappa shape index (κ2) is 7.08. The average Bonchev–Trinajstić information content (AvgIpc) is 3.22. The maximum atomic E-state index is 12.6. The van der Waals surface area contributed by atoms with Crippen molar-refractivity contribution in [2.24, 2.45) is 5.92 Å². The highest BCUT2D eigenvalue weighted by molar-refractivity contribution is 5.89. The lowest BCUT2D eigenvalue weighted by Crippen LogP contribution is -2.51. The fraction of sp³-hybridized carbons (Fsp3) is 0.733. The van der Waals surface area contributed by atoms with Crippen molar-refractivity contribution >= 4 is 11.8 Å². The summed E-state index contributed by atoms with van der Waals surface area (Å²) in [5, 5.41) is 4.10. The molecule has 1 aromatic heterocycles. The fourth-order valence-corrected chi connectivity index (χ4v) is 3.29. The van der Waals surface area contributed by atoms with Crippen LogP contribution in [0.5, 0.6) is 0 Å². The van der Waals surface area contributed by atoms with E-state index >= 15 is 0 Å². The van der Waals surface area contributed by atoms with E-state index in [1.807, 2.05) is 16.5 Å². The lowest BCUT2D eigenvalue weighted by atomic mass is 10.1. The molecule has 0 N–H and O–H groups in total. The fourth-order valence-electron chi connectivity index (χ4n) is 3.29. The van der Waals surface area contributed by atoms with Crippen LogP contribution in [-0.4, -0.2) is 87.1 Å². The number of rotatable bonds is 5. The second-order valence-electron chi connectivity index (χ2n) is 6.16. The summed E-state index contributed by atoms with van der Waals surface area (Å²) in [6.45, 7) is 8.20. The number of carbonyl (C=O) groups excluding carboxylic acids is 2. The van der Waals surface area contributed by atoms with E-state index in [4.69, 9.17) is 0 Å². The zero-order valence-corrected chi connectivity index (χ0v) is 13.6. The van der Waals surface area contributed by atoms with Gasteiger partial charge in [0.05, 0.1) is 12.5 Å². The molecular weight excluding hydrogens is 296 g/mol. The Morgan fingerprint density at radius 3 is 2.65 bits per heavy atom. The SMILES string of the molecule is CCN1CC(C(=O)N2CCN(CCn3cncn3)CC2)CC1=O. The summed E-state index contributed by atoms with van der Waals surface area (Å²) in [5.74, 6) is 0.103. The number of aromatic nitrogens is 3. The summed E-state index contributed by atoms with van der Waals surface area (Å²) in [6, 6.07) is 0. The molecule has 3 rings (SSSR count). The van der Waals surface area contributed by atoms with Crippen molar-refractivity contribution in [2.75, 3.05) is 45.8 Å². The van der Waals surface area contributed by atoms with E-state index in [-0.39, 0.29) is 17.7 Å². The molecule has 126 valence electrons. The lowest BCUT2D eigenvalue weighted by Gasteiger charge is -2.35. The van der Waals surface area contributed by atoms with Gasteiger partial charge in [0.1, 0.15) is 12.7 Å². The standard InChI is InChI=1S/C15H24N6O2/c1-2-19-10-13(9-14(19)22)15(23)20-6-3-18(4-7-20)5-8-21-12-16-11-17-21/h11-13H,2-10H2,1H3. The van der Waals surface area contributed by atoms with Crippen LogP contribution >= 0.6 is 0 Å². The number of nitrogens with zero attached hydrogens (tertiary/aromatic N) is 6. The first kappa shape index (κ1) is 15.9. The summed E-state index contributed by atoms with van der Waals surface area (Å²) < 4.78 is 1.82. The summed E-state index contributed by atoms with van der Waals surface area (Å²) in [5.41, 5.74) is 0. The molecule has 8 nitrogen and oxygen atoms in total. The van der Waals surface area contributed by atoms with E-state index in [1.165, 1.54) is 0 Å². The predicted octanol–water partition coefficient (Wildman–Crippen LogP) is -0.709. The van der Waals surface area contributed by atoms with Crippen molar-refractivity contribution in [3.05, 3.63) is 12.7 Å². The third-order valence-electron chi connectivity index (χ3n) is 4.74. The first-order valence-corrected chi connectivity index (χ1v) is 8.28. The third kappa shape index (κ3) is 3.69. The topological polar surface area (TPSA) is 74.6 Å². The van der Waals surface area contributed by atoms with Crippen molar-refractivity contribution < 1.29 is 9.59 Å². The normalized spacial score (nSPS) is 22.8. The Morgan fingerprint density at radius 2 is 2.04 bits per heavy atom. The minimum atomic E-state index is -0.149. The molecule has 1 aromatic rings. The van der Waals surface area contributed by atoms with Gasteiger partial charge in [-0.2, -0.15) is 5.10 Å². The van der Waals surface area contributed by atoms with Gasteiger partial charge in [0.2, 0.25) is 11.8 Å². The quantitative estimate of drug-likeness (QED) is 0.716. The van der Waals surface area contributed by atoms with E-state index in [1.54, 1.807) is 17.6 Å². The monoisotopic (exact) mass is 320 g/mol. The highest BCUT2D eigenvalue weighted by atomic mass is 16.2. The summed E-state index contributed by atoms with van der Waals surface area (Å²) in [4.78, 5) is 34.3. The Morgan fingerprint density at radius 1 is 1.26 bits per heavy atom. The van der Waals surface area contributed by atoms with Crippen LogP contribution < -0.4 is 0 Å². The molecule has 3 heterocycles. The first-order valence-electron chi connectivity index (χ1n) is 8.28. The Kier molecular flexibility index (Phi) is 4.90. The zero-order valence-electron chi connectivity index (χ0n) is 13.6. The molecule has 8 heteroatoms. The first-order chi connectivity index (χ1) is 11.2. The van der Waals surface area contributed by atoms with Crippen molar-refractivity contribution in [1.82, 2.24) is 29.5 Å². The van der Waals surface area contributed by atoms with E-state index in [0.29, 0.717) is 19.5 Å². The summed E-state index contributed by atoms with van der Waals surface area (Å²) in [6.07, 6.45) is 3.63. The van der Waals surface area contributed by atoms with Crippen molar-refractivity contribution in [1.29, 1.82) is 0 Å². The Labute approximate surface area is 136 Å². The molecule has 0 radical (unpaired) electrons. The average molecular weight is 320 g/mol. The second-order valence-corrected chi connectivity index (χ2v) is 6.16. The Balaban J connectivity index is 1.43. The van der Waals surface area contributed by atoms with Gasteiger partial charge in [0.15, 0.2) is 0 Å². The van der Waals surface area contributed by atoms with Crippen molar-refractivity contribution in [3.8, 4) is 0 Å². The number of hydrogen-bond acceptors (Lipinski definition) is 5. The van der Waals surface area contributed by atoms with E-state index in [9.17, 15) is 9.59 Å². The van der Waals surface area contributed by atoms with Gasteiger partial charge in [-0.1, -0.05) is 0 Å². The molecule has 23 heavy (non-hydrogen) atoms. The maximum absolute atomic E-state index is 12.6. The number of carbonyl (C=O) groups is 2. The van der Waals surface area contributed by atoms with Gasteiger partial charge in [-0.25, -0.2) is 4.98 Å². The number of amides is 2. The molecule has 0 bridgehead atoms. The minimum Gasteiger partial charge on any atom is -0.342 e. The molecule has 2 aliphatic rings. The molecule has 0 saturated carbocycles. The van der Waals surface area contributed by atoms with E-state index < -0.39 is 0 Å². The van der Waals surface area contributed by atoms with Gasteiger partial charge in [-0.15, -0.1) is 0 Å².